The van der Waals surface area contributed by atoms with E-state index in [9.17, 15) is 4.79 Å². The predicted octanol–water partition coefficient (Wildman–Crippen LogP) is 6.29. The van der Waals surface area contributed by atoms with Gasteiger partial charge in [0, 0.05) is 41.1 Å². The molecule has 1 aliphatic heterocycles. The number of aromatic nitrogens is 3. The number of aryl methyl sites for hydroxylation is 1. The van der Waals surface area contributed by atoms with Crippen molar-refractivity contribution in [3.8, 4) is 10.6 Å². The van der Waals surface area contributed by atoms with Crippen molar-refractivity contribution in [1.29, 1.82) is 0 Å². The number of benzene rings is 1. The number of pyridine rings is 1. The van der Waals surface area contributed by atoms with E-state index in [4.69, 9.17) is 4.98 Å². The predicted molar refractivity (Wildman–Crippen MR) is 159 cm³/mol. The van der Waals surface area contributed by atoms with E-state index in [0.717, 1.165) is 55.8 Å². The Bertz CT molecular complexity index is 1390. The summed E-state index contributed by atoms with van der Waals surface area (Å²) in [4.78, 5) is 30.1. The molecule has 3 N–H and O–H groups in total. The zero-order valence-corrected chi connectivity index (χ0v) is 23.8. The average molecular weight is 550 g/mol. The van der Waals surface area contributed by atoms with Crippen LogP contribution in [0.2, 0.25) is 0 Å². The monoisotopic (exact) mass is 549 g/mol. The smallest absolute Gasteiger partial charge is 0.271 e. The zero-order valence-electron chi connectivity index (χ0n) is 22.2. The lowest BCUT2D eigenvalue weighted by Crippen LogP contribution is -2.33. The highest BCUT2D eigenvalue weighted by atomic mass is 32.1. The van der Waals surface area contributed by atoms with Gasteiger partial charge in [-0.15, -0.1) is 22.7 Å². The standard InChI is InChI=1S/C28H35N7OS2/c1-18(2)32-23-15-25(33-20-8-9-22-24(14-20)37-17-31-22)30-16-21(23)28-34-26(19(3)38-28)27(36)29-10-7-13-35-11-5-4-6-12-35/h8-9,14-18H,4-7,10-13H2,1-3H3,(H,29,36)(H2,30,32,33). The summed E-state index contributed by atoms with van der Waals surface area (Å²) in [5, 5.41) is 10.8. The maximum absolute atomic E-state index is 12.9. The summed E-state index contributed by atoms with van der Waals surface area (Å²) in [6, 6.07) is 8.33. The van der Waals surface area contributed by atoms with E-state index in [1.54, 1.807) is 11.3 Å². The molecule has 0 aliphatic carbocycles. The van der Waals surface area contributed by atoms with Crippen LogP contribution in [0.1, 0.15) is 54.9 Å². The normalized spacial score (nSPS) is 14.2. The Kier molecular flexibility index (Phi) is 8.51. The first-order valence-corrected chi connectivity index (χ1v) is 15.0. The van der Waals surface area contributed by atoms with Gasteiger partial charge in [0.05, 0.1) is 21.3 Å². The number of thiazole rings is 2. The molecule has 8 nitrogen and oxygen atoms in total. The Morgan fingerprint density at radius 3 is 2.79 bits per heavy atom. The number of likely N-dealkylation sites (tertiary alicyclic amines) is 1. The average Bonchev–Trinajstić information content (AvgIpc) is 3.53. The number of carbonyl (C=O) groups excluding carboxylic acids is 1. The molecule has 200 valence electrons. The number of hydrogen-bond acceptors (Lipinski definition) is 9. The molecule has 38 heavy (non-hydrogen) atoms. The fourth-order valence-electron chi connectivity index (χ4n) is 4.70. The lowest BCUT2D eigenvalue weighted by Gasteiger charge is -2.26. The van der Waals surface area contributed by atoms with Crippen LogP contribution in [0.5, 0.6) is 0 Å². The second kappa shape index (κ2) is 12.2. The number of hydrogen-bond donors (Lipinski definition) is 3. The van der Waals surface area contributed by atoms with E-state index >= 15 is 0 Å². The first-order chi connectivity index (χ1) is 18.5. The van der Waals surface area contributed by atoms with E-state index in [1.807, 2.05) is 36.8 Å². The van der Waals surface area contributed by atoms with Crippen molar-refractivity contribution in [3.63, 3.8) is 0 Å². The fraction of sp³-hybridized carbons (Fsp3) is 0.429. The Balaban J connectivity index is 1.28. The third-order valence-corrected chi connectivity index (χ3v) is 8.38. The van der Waals surface area contributed by atoms with E-state index in [0.29, 0.717) is 12.2 Å². The van der Waals surface area contributed by atoms with Gasteiger partial charge in [-0.25, -0.2) is 15.0 Å². The van der Waals surface area contributed by atoms with Gasteiger partial charge in [-0.1, -0.05) is 6.42 Å². The Labute approximate surface area is 231 Å². The summed E-state index contributed by atoms with van der Waals surface area (Å²) in [6.07, 6.45) is 6.70. The second-order valence-corrected chi connectivity index (χ2v) is 12.1. The highest BCUT2D eigenvalue weighted by molar-refractivity contribution is 7.16. The van der Waals surface area contributed by atoms with Gasteiger partial charge in [-0.2, -0.15) is 0 Å². The molecule has 0 atom stereocenters. The van der Waals surface area contributed by atoms with E-state index < -0.39 is 0 Å². The first-order valence-electron chi connectivity index (χ1n) is 13.3. The minimum atomic E-state index is -0.105. The molecule has 10 heteroatoms. The van der Waals surface area contributed by atoms with Crippen LogP contribution in [-0.2, 0) is 0 Å². The maximum Gasteiger partial charge on any atom is 0.271 e. The first kappa shape index (κ1) is 26.5. The fourth-order valence-corrected chi connectivity index (χ4v) is 6.35. The van der Waals surface area contributed by atoms with E-state index in [1.165, 1.54) is 43.7 Å². The molecule has 1 aliphatic rings. The summed E-state index contributed by atoms with van der Waals surface area (Å²) in [5.74, 6) is 0.632. The van der Waals surface area contributed by atoms with E-state index in [2.05, 4.69) is 50.7 Å². The molecule has 0 unspecified atom stereocenters. The molecule has 3 aromatic heterocycles. The van der Waals surface area contributed by atoms with Crippen LogP contribution >= 0.6 is 22.7 Å². The number of carbonyl (C=O) groups is 1. The largest absolute Gasteiger partial charge is 0.382 e. The summed E-state index contributed by atoms with van der Waals surface area (Å²) < 4.78 is 1.13. The van der Waals surface area contributed by atoms with Gasteiger partial charge in [0.25, 0.3) is 5.91 Å². The Morgan fingerprint density at radius 2 is 1.97 bits per heavy atom. The third-order valence-electron chi connectivity index (χ3n) is 6.58. The van der Waals surface area contributed by atoms with Crippen LogP contribution in [0.4, 0.5) is 17.2 Å². The SMILES string of the molecule is Cc1sc(-c2cnc(Nc3ccc4ncsc4c3)cc2NC(C)C)nc1C(=O)NCCCN1CCCCC1. The molecule has 1 aromatic carbocycles. The van der Waals surface area contributed by atoms with Crippen LogP contribution in [0.25, 0.3) is 20.8 Å². The molecule has 0 spiro atoms. The summed E-state index contributed by atoms with van der Waals surface area (Å²) in [5.41, 5.74) is 6.12. The number of amides is 1. The van der Waals surface area contributed by atoms with Gasteiger partial charge in [-0.3, -0.25) is 4.79 Å². The minimum absolute atomic E-state index is 0.105. The number of fused-ring (bicyclic) bond motifs is 1. The topological polar surface area (TPSA) is 95.1 Å². The van der Waals surface area contributed by atoms with Gasteiger partial charge >= 0.3 is 0 Å². The molecule has 1 saturated heterocycles. The van der Waals surface area contributed by atoms with Crippen LogP contribution < -0.4 is 16.0 Å². The third kappa shape index (κ3) is 6.48. The van der Waals surface area contributed by atoms with E-state index in [-0.39, 0.29) is 11.9 Å². The van der Waals surface area contributed by atoms with Crippen molar-refractivity contribution in [2.24, 2.45) is 0 Å². The maximum atomic E-state index is 12.9. The second-order valence-electron chi connectivity index (χ2n) is 10.0. The molecule has 4 heterocycles. The van der Waals surface area contributed by atoms with Crippen molar-refractivity contribution in [2.45, 2.75) is 52.5 Å². The lowest BCUT2D eigenvalue weighted by atomic mass is 10.1. The molecular weight excluding hydrogens is 514 g/mol. The highest BCUT2D eigenvalue weighted by Gasteiger charge is 2.19. The number of piperidine rings is 1. The van der Waals surface area contributed by atoms with Gasteiger partial charge in [-0.05, 0) is 77.9 Å². The van der Waals surface area contributed by atoms with Crippen LogP contribution in [-0.4, -0.2) is 58.0 Å². The summed E-state index contributed by atoms with van der Waals surface area (Å²) >= 11 is 3.14. The molecule has 5 rings (SSSR count). The molecule has 1 amide bonds. The summed E-state index contributed by atoms with van der Waals surface area (Å²) in [7, 11) is 0. The molecular formula is C28H35N7OS2. The van der Waals surface area contributed by atoms with Gasteiger partial charge in [0.2, 0.25) is 0 Å². The molecule has 0 radical (unpaired) electrons. The molecule has 1 fully saturated rings. The number of rotatable bonds is 10. The summed E-state index contributed by atoms with van der Waals surface area (Å²) in [6.45, 7) is 10.2. The van der Waals surface area contributed by atoms with Crippen molar-refractivity contribution in [1.82, 2.24) is 25.2 Å². The number of nitrogens with zero attached hydrogens (tertiary/aromatic N) is 4. The Hall–Kier alpha value is -3.08. The molecule has 0 saturated carbocycles. The van der Waals surface area contributed by atoms with Gasteiger partial charge in [0.15, 0.2) is 0 Å². The van der Waals surface area contributed by atoms with Crippen molar-refractivity contribution < 1.29 is 4.79 Å². The zero-order chi connectivity index (χ0) is 26.5. The lowest BCUT2D eigenvalue weighted by molar-refractivity contribution is 0.0946. The van der Waals surface area contributed by atoms with Crippen molar-refractivity contribution >= 4 is 56.0 Å². The number of anilines is 3. The van der Waals surface area contributed by atoms with Crippen LogP contribution in [0, 0.1) is 6.92 Å². The van der Waals surface area contributed by atoms with Gasteiger partial charge < -0.3 is 20.9 Å². The van der Waals surface area contributed by atoms with Gasteiger partial charge in [0.1, 0.15) is 16.5 Å². The minimum Gasteiger partial charge on any atom is -0.382 e. The van der Waals surface area contributed by atoms with Crippen molar-refractivity contribution in [2.75, 3.05) is 36.8 Å². The number of nitrogens with one attached hydrogen (secondary N) is 3. The van der Waals surface area contributed by atoms with Crippen LogP contribution in [0.15, 0.2) is 36.0 Å². The molecule has 0 bridgehead atoms. The quantitative estimate of drug-likeness (QED) is 0.200. The Morgan fingerprint density at radius 1 is 1.13 bits per heavy atom. The van der Waals surface area contributed by atoms with Crippen molar-refractivity contribution in [3.05, 3.63) is 46.5 Å². The van der Waals surface area contributed by atoms with Crippen LogP contribution in [0.3, 0.4) is 0 Å². The molecule has 4 aromatic rings. The highest BCUT2D eigenvalue weighted by Crippen LogP contribution is 2.35.